The summed E-state index contributed by atoms with van der Waals surface area (Å²) in [5.74, 6) is -1.24. The number of fused-ring (bicyclic) bond motifs is 1. The molecule has 0 saturated heterocycles. The number of nitrogens with one attached hydrogen (secondary N) is 1. The molecule has 1 heterocycles. The Kier molecular flexibility index (Phi) is 3.77. The van der Waals surface area contributed by atoms with Gasteiger partial charge in [-0.25, -0.2) is 8.78 Å². The second-order valence-corrected chi connectivity index (χ2v) is 4.80. The van der Waals surface area contributed by atoms with E-state index in [1.165, 1.54) is 17.8 Å². The number of pyridine rings is 1. The van der Waals surface area contributed by atoms with Crippen molar-refractivity contribution in [3.05, 3.63) is 71.9 Å². The lowest BCUT2D eigenvalue weighted by atomic mass is 10.1. The fraction of sp³-hybridized carbons (Fsp3) is 0.118. The number of hydrogen-bond donors (Lipinski definition) is 1. The van der Waals surface area contributed by atoms with Crippen molar-refractivity contribution in [1.29, 1.82) is 0 Å². The Morgan fingerprint density at radius 1 is 1.00 bits per heavy atom. The van der Waals surface area contributed by atoms with E-state index in [0.717, 1.165) is 12.5 Å². The third-order valence-corrected chi connectivity index (χ3v) is 3.34. The quantitative estimate of drug-likeness (QED) is 0.778. The van der Waals surface area contributed by atoms with Crippen molar-refractivity contribution in [3.63, 3.8) is 0 Å². The molecule has 21 heavy (non-hydrogen) atoms. The highest BCUT2D eigenvalue weighted by atomic mass is 19.1. The van der Waals surface area contributed by atoms with Crippen LogP contribution >= 0.6 is 0 Å². The molecular weight excluding hydrogens is 270 g/mol. The van der Waals surface area contributed by atoms with E-state index in [1.54, 1.807) is 6.07 Å². The molecular formula is C17H14F2N2. The zero-order valence-electron chi connectivity index (χ0n) is 11.3. The molecule has 1 N–H and O–H groups in total. The van der Waals surface area contributed by atoms with Crippen molar-refractivity contribution in [2.45, 2.75) is 6.42 Å². The van der Waals surface area contributed by atoms with Crippen molar-refractivity contribution in [2.24, 2.45) is 0 Å². The van der Waals surface area contributed by atoms with E-state index in [2.05, 4.69) is 10.3 Å². The molecule has 4 heteroatoms. The molecule has 1 aromatic heterocycles. The first-order valence-electron chi connectivity index (χ1n) is 6.75. The van der Waals surface area contributed by atoms with Crippen LogP contribution in [-0.2, 0) is 6.42 Å². The summed E-state index contributed by atoms with van der Waals surface area (Å²) in [5.41, 5.74) is 2.08. The van der Waals surface area contributed by atoms with Crippen molar-refractivity contribution in [1.82, 2.24) is 4.98 Å². The summed E-state index contributed by atoms with van der Waals surface area (Å²) in [7, 11) is 0. The van der Waals surface area contributed by atoms with Crippen LogP contribution < -0.4 is 5.32 Å². The van der Waals surface area contributed by atoms with E-state index < -0.39 is 11.6 Å². The van der Waals surface area contributed by atoms with Crippen molar-refractivity contribution >= 4 is 16.6 Å². The minimum Gasteiger partial charge on any atom is -0.384 e. The van der Waals surface area contributed by atoms with Gasteiger partial charge in [0.15, 0.2) is 5.82 Å². The van der Waals surface area contributed by atoms with Gasteiger partial charge in [-0.3, -0.25) is 4.98 Å². The number of hydrogen-bond acceptors (Lipinski definition) is 2. The van der Waals surface area contributed by atoms with Gasteiger partial charge < -0.3 is 5.32 Å². The summed E-state index contributed by atoms with van der Waals surface area (Å²) in [6, 6.07) is 13.9. The number of nitrogens with zero attached hydrogens (tertiary/aromatic N) is 1. The number of benzene rings is 2. The molecule has 2 nitrogen and oxygen atoms in total. The minimum atomic E-state index is -0.642. The Labute approximate surface area is 121 Å². The molecule has 0 radical (unpaired) electrons. The molecule has 0 aliphatic heterocycles. The summed E-state index contributed by atoms with van der Waals surface area (Å²) in [6.45, 7) is 0.682. The highest BCUT2D eigenvalue weighted by Crippen LogP contribution is 2.24. The van der Waals surface area contributed by atoms with Gasteiger partial charge in [0, 0.05) is 29.9 Å². The van der Waals surface area contributed by atoms with Crippen LogP contribution in [0.1, 0.15) is 5.56 Å². The fourth-order valence-electron chi connectivity index (χ4n) is 2.32. The van der Waals surface area contributed by atoms with Crippen LogP contribution in [-0.4, -0.2) is 11.5 Å². The lowest BCUT2D eigenvalue weighted by Crippen LogP contribution is -2.05. The molecule has 2 aromatic carbocycles. The second-order valence-electron chi connectivity index (χ2n) is 4.80. The molecule has 3 aromatic rings. The first-order valence-corrected chi connectivity index (χ1v) is 6.75. The Morgan fingerprint density at radius 3 is 2.62 bits per heavy atom. The maximum Gasteiger partial charge on any atom is 0.152 e. The number of rotatable bonds is 4. The number of aromatic nitrogens is 1. The van der Waals surface area contributed by atoms with Crippen LogP contribution in [0.2, 0.25) is 0 Å². The summed E-state index contributed by atoms with van der Waals surface area (Å²) >= 11 is 0. The highest BCUT2D eigenvalue weighted by Gasteiger charge is 2.08. The highest BCUT2D eigenvalue weighted by molar-refractivity contribution is 5.91. The SMILES string of the molecule is Fc1cc(F)c2nccc(NCCc3ccccc3)c2c1. The Morgan fingerprint density at radius 2 is 1.81 bits per heavy atom. The van der Waals surface area contributed by atoms with Gasteiger partial charge in [-0.05, 0) is 24.1 Å². The van der Waals surface area contributed by atoms with E-state index in [4.69, 9.17) is 0 Å². The second kappa shape index (κ2) is 5.87. The molecule has 0 aliphatic rings. The smallest absolute Gasteiger partial charge is 0.152 e. The van der Waals surface area contributed by atoms with E-state index in [1.807, 2.05) is 30.3 Å². The molecule has 0 spiro atoms. The van der Waals surface area contributed by atoms with Gasteiger partial charge in [0.25, 0.3) is 0 Å². The predicted octanol–water partition coefficient (Wildman–Crippen LogP) is 4.17. The third-order valence-electron chi connectivity index (χ3n) is 3.34. The van der Waals surface area contributed by atoms with Crippen LogP contribution in [0.25, 0.3) is 10.9 Å². The van der Waals surface area contributed by atoms with Crippen molar-refractivity contribution < 1.29 is 8.78 Å². The number of anilines is 1. The molecule has 0 unspecified atom stereocenters. The zero-order valence-corrected chi connectivity index (χ0v) is 11.3. The number of halogens is 2. The van der Waals surface area contributed by atoms with E-state index in [0.29, 0.717) is 17.6 Å². The van der Waals surface area contributed by atoms with Crippen LogP contribution in [0.3, 0.4) is 0 Å². The largest absolute Gasteiger partial charge is 0.384 e. The van der Waals surface area contributed by atoms with Crippen molar-refractivity contribution in [3.8, 4) is 0 Å². The van der Waals surface area contributed by atoms with E-state index in [-0.39, 0.29) is 5.52 Å². The van der Waals surface area contributed by atoms with Gasteiger partial charge in [-0.1, -0.05) is 30.3 Å². The maximum atomic E-state index is 13.7. The molecule has 0 fully saturated rings. The van der Waals surface area contributed by atoms with Crippen LogP contribution in [0, 0.1) is 11.6 Å². The first-order chi connectivity index (χ1) is 10.2. The van der Waals surface area contributed by atoms with Gasteiger partial charge in [0.2, 0.25) is 0 Å². The average molecular weight is 284 g/mol. The zero-order chi connectivity index (χ0) is 14.7. The van der Waals surface area contributed by atoms with Crippen LogP contribution in [0.15, 0.2) is 54.7 Å². The third kappa shape index (κ3) is 2.99. The normalized spacial score (nSPS) is 10.8. The Bertz CT molecular complexity index is 757. The first kappa shape index (κ1) is 13.5. The molecule has 0 amide bonds. The van der Waals surface area contributed by atoms with E-state index >= 15 is 0 Å². The Balaban J connectivity index is 1.81. The predicted molar refractivity (Wildman–Crippen MR) is 80.3 cm³/mol. The monoisotopic (exact) mass is 284 g/mol. The standard InChI is InChI=1S/C17H14F2N2/c18-13-10-14-16(7-9-21-17(14)15(19)11-13)20-8-6-12-4-2-1-3-5-12/h1-5,7,9-11H,6,8H2,(H,20,21). The minimum absolute atomic E-state index is 0.182. The van der Waals surface area contributed by atoms with E-state index in [9.17, 15) is 8.78 Å². The lowest BCUT2D eigenvalue weighted by molar-refractivity contribution is 0.590. The summed E-state index contributed by atoms with van der Waals surface area (Å²) in [5, 5.41) is 3.68. The molecule has 0 aliphatic carbocycles. The molecule has 0 saturated carbocycles. The maximum absolute atomic E-state index is 13.7. The fourth-order valence-corrected chi connectivity index (χ4v) is 2.32. The average Bonchev–Trinajstić information content (AvgIpc) is 2.49. The Hall–Kier alpha value is -2.49. The van der Waals surface area contributed by atoms with Gasteiger partial charge in [-0.2, -0.15) is 0 Å². The van der Waals surface area contributed by atoms with Gasteiger partial charge in [0.1, 0.15) is 11.3 Å². The topological polar surface area (TPSA) is 24.9 Å². The summed E-state index contributed by atoms with van der Waals surface area (Å²) < 4.78 is 27.1. The molecule has 106 valence electrons. The van der Waals surface area contributed by atoms with Gasteiger partial charge in [0.05, 0.1) is 0 Å². The summed E-state index contributed by atoms with van der Waals surface area (Å²) in [4.78, 5) is 3.97. The lowest BCUT2D eigenvalue weighted by Gasteiger charge is -2.10. The summed E-state index contributed by atoms with van der Waals surface area (Å²) in [6.07, 6.45) is 2.36. The van der Waals surface area contributed by atoms with Gasteiger partial charge >= 0.3 is 0 Å². The van der Waals surface area contributed by atoms with Crippen LogP contribution in [0.4, 0.5) is 14.5 Å². The van der Waals surface area contributed by atoms with Gasteiger partial charge in [-0.15, -0.1) is 0 Å². The molecule has 3 rings (SSSR count). The van der Waals surface area contributed by atoms with Crippen LogP contribution in [0.5, 0.6) is 0 Å². The van der Waals surface area contributed by atoms with Crippen molar-refractivity contribution in [2.75, 3.05) is 11.9 Å². The molecule has 0 atom stereocenters. The molecule has 0 bridgehead atoms.